The van der Waals surface area contributed by atoms with Crippen molar-refractivity contribution >= 4 is 5.91 Å². The van der Waals surface area contributed by atoms with E-state index in [0.717, 1.165) is 39.1 Å². The summed E-state index contributed by atoms with van der Waals surface area (Å²) in [6, 6.07) is 10.7. The van der Waals surface area contributed by atoms with Crippen LogP contribution in [0.5, 0.6) is 0 Å². The second-order valence-corrected chi connectivity index (χ2v) is 7.60. The van der Waals surface area contributed by atoms with E-state index in [1.54, 1.807) is 4.90 Å². The lowest BCUT2D eigenvalue weighted by Gasteiger charge is -2.34. The highest BCUT2D eigenvalue weighted by Gasteiger charge is 2.27. The minimum atomic E-state index is -0.0989. The van der Waals surface area contributed by atoms with Gasteiger partial charge in [0.15, 0.2) is 5.69 Å². The number of hydrogen-bond acceptors (Lipinski definition) is 6. The Morgan fingerprint density at radius 2 is 1.86 bits per heavy atom. The summed E-state index contributed by atoms with van der Waals surface area (Å²) in [6.07, 6.45) is 2.36. The molecule has 0 aliphatic carbocycles. The van der Waals surface area contributed by atoms with Gasteiger partial charge in [-0.05, 0) is 12.0 Å². The zero-order valence-electron chi connectivity index (χ0n) is 16.4. The molecule has 2 saturated heterocycles. The molecule has 0 radical (unpaired) electrons. The fraction of sp³-hybridized carbons (Fsp3) is 0.524. The molecule has 1 unspecified atom stereocenters. The summed E-state index contributed by atoms with van der Waals surface area (Å²) < 4.78 is 10.9. The van der Waals surface area contributed by atoms with E-state index in [0.29, 0.717) is 31.3 Å². The van der Waals surface area contributed by atoms with Crippen LogP contribution in [0.15, 0.2) is 41.0 Å². The summed E-state index contributed by atoms with van der Waals surface area (Å²) in [6.45, 7) is 6.92. The summed E-state index contributed by atoms with van der Waals surface area (Å²) in [4.78, 5) is 23.5. The highest BCUT2D eigenvalue weighted by Crippen LogP contribution is 2.16. The zero-order chi connectivity index (χ0) is 19.3. The maximum absolute atomic E-state index is 12.6. The van der Waals surface area contributed by atoms with Crippen molar-refractivity contribution in [3.63, 3.8) is 0 Å². The first-order valence-electron chi connectivity index (χ1n) is 9.97. The first-order chi connectivity index (χ1) is 13.7. The van der Waals surface area contributed by atoms with E-state index >= 15 is 0 Å². The van der Waals surface area contributed by atoms with Crippen LogP contribution in [-0.4, -0.2) is 78.1 Å². The van der Waals surface area contributed by atoms with Crippen LogP contribution in [-0.2, 0) is 17.8 Å². The summed E-state index contributed by atoms with van der Waals surface area (Å²) in [5.74, 6) is 0.508. The highest BCUT2D eigenvalue weighted by molar-refractivity contribution is 5.92. The van der Waals surface area contributed by atoms with E-state index in [1.165, 1.54) is 11.8 Å². The van der Waals surface area contributed by atoms with Gasteiger partial charge in [-0.15, -0.1) is 0 Å². The SMILES string of the molecule is CN(C(=O)c1coc(CN2CCN(Cc3ccccc3)CC2)n1)C1CCOC1. The van der Waals surface area contributed by atoms with Crippen molar-refractivity contribution in [1.82, 2.24) is 19.7 Å². The van der Waals surface area contributed by atoms with Gasteiger partial charge in [-0.25, -0.2) is 4.98 Å². The Kier molecular flexibility index (Phi) is 6.04. The molecule has 0 saturated carbocycles. The second kappa shape index (κ2) is 8.86. The molecule has 7 heteroatoms. The second-order valence-electron chi connectivity index (χ2n) is 7.60. The Hall–Kier alpha value is -2.22. The molecule has 3 heterocycles. The maximum Gasteiger partial charge on any atom is 0.275 e. The van der Waals surface area contributed by atoms with Crippen LogP contribution < -0.4 is 0 Å². The normalized spacial score (nSPS) is 21.1. The third-order valence-electron chi connectivity index (χ3n) is 5.62. The van der Waals surface area contributed by atoms with Gasteiger partial charge < -0.3 is 14.1 Å². The largest absolute Gasteiger partial charge is 0.447 e. The van der Waals surface area contributed by atoms with Crippen LogP contribution in [0.25, 0.3) is 0 Å². The molecule has 28 heavy (non-hydrogen) atoms. The topological polar surface area (TPSA) is 62.1 Å². The molecule has 1 atom stereocenters. The molecule has 2 aliphatic heterocycles. The monoisotopic (exact) mass is 384 g/mol. The number of piperazine rings is 1. The lowest BCUT2D eigenvalue weighted by atomic mass is 10.2. The van der Waals surface area contributed by atoms with Gasteiger partial charge in [0.2, 0.25) is 5.89 Å². The fourth-order valence-corrected chi connectivity index (χ4v) is 3.79. The molecular weight excluding hydrogens is 356 g/mol. The van der Waals surface area contributed by atoms with Crippen LogP contribution in [0.2, 0.25) is 0 Å². The standard InChI is InChI=1S/C21H28N4O3/c1-23(18-7-12-27-15-18)21(26)19-16-28-20(22-19)14-25-10-8-24(9-11-25)13-17-5-3-2-4-6-17/h2-6,16,18H,7-15H2,1H3. The van der Waals surface area contributed by atoms with Crippen molar-refractivity contribution in [2.75, 3.05) is 46.4 Å². The van der Waals surface area contributed by atoms with Crippen molar-refractivity contribution in [3.8, 4) is 0 Å². The zero-order valence-corrected chi connectivity index (χ0v) is 16.4. The number of carbonyl (C=O) groups excluding carboxylic acids is 1. The van der Waals surface area contributed by atoms with Crippen molar-refractivity contribution in [2.24, 2.45) is 0 Å². The van der Waals surface area contributed by atoms with Crippen LogP contribution in [0.1, 0.15) is 28.4 Å². The predicted molar refractivity (Wildman–Crippen MR) is 105 cm³/mol. The molecule has 2 fully saturated rings. The van der Waals surface area contributed by atoms with Crippen LogP contribution >= 0.6 is 0 Å². The molecular formula is C21H28N4O3. The van der Waals surface area contributed by atoms with Crippen molar-refractivity contribution < 1.29 is 13.9 Å². The third kappa shape index (κ3) is 4.60. The average molecular weight is 384 g/mol. The van der Waals surface area contributed by atoms with E-state index in [2.05, 4.69) is 45.1 Å². The van der Waals surface area contributed by atoms with Gasteiger partial charge in [0, 0.05) is 46.4 Å². The van der Waals surface area contributed by atoms with Gasteiger partial charge in [-0.2, -0.15) is 0 Å². The molecule has 4 rings (SSSR count). The fourth-order valence-electron chi connectivity index (χ4n) is 3.79. The number of hydrogen-bond donors (Lipinski definition) is 0. The summed E-state index contributed by atoms with van der Waals surface area (Å²) in [7, 11) is 1.81. The van der Waals surface area contributed by atoms with Gasteiger partial charge in [0.1, 0.15) is 6.26 Å². The third-order valence-corrected chi connectivity index (χ3v) is 5.62. The van der Waals surface area contributed by atoms with Crippen molar-refractivity contribution in [1.29, 1.82) is 0 Å². The Morgan fingerprint density at radius 1 is 1.14 bits per heavy atom. The Morgan fingerprint density at radius 3 is 2.54 bits per heavy atom. The van der Waals surface area contributed by atoms with E-state index < -0.39 is 0 Å². The number of aromatic nitrogens is 1. The minimum absolute atomic E-state index is 0.0989. The number of benzene rings is 1. The van der Waals surface area contributed by atoms with Crippen LogP contribution in [0.4, 0.5) is 0 Å². The molecule has 7 nitrogen and oxygen atoms in total. The van der Waals surface area contributed by atoms with Crippen molar-refractivity contribution in [2.45, 2.75) is 25.6 Å². The molecule has 2 aromatic rings. The molecule has 0 N–H and O–H groups in total. The minimum Gasteiger partial charge on any atom is -0.447 e. The molecule has 1 aromatic heterocycles. The predicted octanol–water partition coefficient (Wildman–Crippen LogP) is 1.85. The van der Waals surface area contributed by atoms with Crippen LogP contribution in [0.3, 0.4) is 0 Å². The van der Waals surface area contributed by atoms with E-state index in [9.17, 15) is 4.79 Å². The Bertz CT molecular complexity index is 765. The number of oxazole rings is 1. The number of nitrogens with zero attached hydrogens (tertiary/aromatic N) is 4. The van der Waals surface area contributed by atoms with E-state index in [1.807, 2.05) is 7.05 Å². The van der Waals surface area contributed by atoms with Gasteiger partial charge >= 0.3 is 0 Å². The molecule has 1 amide bonds. The van der Waals surface area contributed by atoms with E-state index in [4.69, 9.17) is 9.15 Å². The van der Waals surface area contributed by atoms with Crippen molar-refractivity contribution in [3.05, 3.63) is 53.7 Å². The quantitative estimate of drug-likeness (QED) is 0.758. The molecule has 0 bridgehead atoms. The summed E-state index contributed by atoms with van der Waals surface area (Å²) in [5.41, 5.74) is 1.73. The number of rotatable bonds is 6. The lowest BCUT2D eigenvalue weighted by Crippen LogP contribution is -2.45. The number of ether oxygens (including phenoxy) is 1. The van der Waals surface area contributed by atoms with Gasteiger partial charge in [0.05, 0.1) is 19.2 Å². The molecule has 1 aromatic carbocycles. The van der Waals surface area contributed by atoms with Gasteiger partial charge in [-0.3, -0.25) is 14.6 Å². The van der Waals surface area contributed by atoms with Gasteiger partial charge in [0.25, 0.3) is 5.91 Å². The summed E-state index contributed by atoms with van der Waals surface area (Å²) in [5, 5.41) is 0. The molecule has 2 aliphatic rings. The molecule has 0 spiro atoms. The van der Waals surface area contributed by atoms with Gasteiger partial charge in [-0.1, -0.05) is 30.3 Å². The summed E-state index contributed by atoms with van der Waals surface area (Å²) >= 11 is 0. The Balaban J connectivity index is 1.26. The lowest BCUT2D eigenvalue weighted by molar-refractivity contribution is 0.0705. The average Bonchev–Trinajstić information content (AvgIpc) is 3.41. The smallest absolute Gasteiger partial charge is 0.275 e. The van der Waals surface area contributed by atoms with Crippen LogP contribution in [0, 0.1) is 0 Å². The molecule has 150 valence electrons. The first kappa shape index (κ1) is 19.1. The first-order valence-corrected chi connectivity index (χ1v) is 9.97. The number of likely N-dealkylation sites (N-methyl/N-ethyl adjacent to an activating group) is 1. The Labute approximate surface area is 165 Å². The number of amides is 1. The number of carbonyl (C=O) groups is 1. The highest BCUT2D eigenvalue weighted by atomic mass is 16.5. The maximum atomic E-state index is 12.6. The van der Waals surface area contributed by atoms with E-state index in [-0.39, 0.29) is 11.9 Å².